The summed E-state index contributed by atoms with van der Waals surface area (Å²) in [5, 5.41) is 0.914. The first-order valence-electron chi connectivity index (χ1n) is 7.41. The van der Waals surface area contributed by atoms with Gasteiger partial charge in [0.05, 0.1) is 12.5 Å². The Labute approximate surface area is 120 Å². The van der Waals surface area contributed by atoms with Crippen LogP contribution in [0.25, 0.3) is 10.9 Å². The number of ether oxygens (including phenoxy) is 1. The van der Waals surface area contributed by atoms with Crippen molar-refractivity contribution < 1.29 is 9.53 Å². The summed E-state index contributed by atoms with van der Waals surface area (Å²) in [6.45, 7) is 4.26. The van der Waals surface area contributed by atoms with Crippen molar-refractivity contribution in [1.29, 1.82) is 0 Å². The van der Waals surface area contributed by atoms with Gasteiger partial charge >= 0.3 is 0 Å². The normalized spacial score (nSPS) is 11.2. The molecule has 3 nitrogen and oxygen atoms in total. The minimum atomic E-state index is 0.119. The minimum Gasteiger partial charge on any atom is -0.496 e. The highest BCUT2D eigenvalue weighted by atomic mass is 16.5. The summed E-state index contributed by atoms with van der Waals surface area (Å²) < 4.78 is 5.40. The van der Waals surface area contributed by atoms with E-state index in [0.717, 1.165) is 47.9 Å². The van der Waals surface area contributed by atoms with E-state index in [1.807, 2.05) is 24.4 Å². The first-order chi connectivity index (χ1) is 9.72. The van der Waals surface area contributed by atoms with Crippen LogP contribution in [0.2, 0.25) is 0 Å². The highest BCUT2D eigenvalue weighted by molar-refractivity contribution is 6.10. The molecule has 3 heteroatoms. The average molecular weight is 273 g/mol. The Morgan fingerprint density at radius 2 is 1.95 bits per heavy atom. The zero-order chi connectivity index (χ0) is 14.5. The lowest BCUT2D eigenvalue weighted by atomic mass is 9.89. The quantitative estimate of drug-likeness (QED) is 0.750. The number of hydrogen-bond donors (Lipinski definition) is 1. The first-order valence-corrected chi connectivity index (χ1v) is 7.41. The number of hydrogen-bond acceptors (Lipinski definition) is 2. The molecule has 0 aliphatic rings. The van der Waals surface area contributed by atoms with E-state index in [9.17, 15) is 4.79 Å². The second-order valence-electron chi connectivity index (χ2n) is 5.22. The highest BCUT2D eigenvalue weighted by Crippen LogP contribution is 2.31. The van der Waals surface area contributed by atoms with Crippen molar-refractivity contribution >= 4 is 16.7 Å². The van der Waals surface area contributed by atoms with Gasteiger partial charge in [-0.2, -0.15) is 0 Å². The molecular weight excluding hydrogens is 250 g/mol. The summed E-state index contributed by atoms with van der Waals surface area (Å²) in [4.78, 5) is 16.0. The molecule has 0 aliphatic carbocycles. The number of aromatic nitrogens is 1. The molecule has 0 bridgehead atoms. The molecule has 0 saturated carbocycles. The monoisotopic (exact) mass is 273 g/mol. The molecule has 1 heterocycles. The molecular formula is C17H23NO2. The Morgan fingerprint density at radius 3 is 2.55 bits per heavy atom. The summed E-state index contributed by atoms with van der Waals surface area (Å²) in [6.07, 6.45) is 5.81. The van der Waals surface area contributed by atoms with Gasteiger partial charge in [-0.3, -0.25) is 4.79 Å². The third kappa shape index (κ3) is 2.72. The van der Waals surface area contributed by atoms with Crippen molar-refractivity contribution in [1.82, 2.24) is 4.98 Å². The molecule has 1 N–H and O–H groups in total. The fraction of sp³-hybridized carbons (Fsp3) is 0.471. The van der Waals surface area contributed by atoms with Gasteiger partial charge in [-0.05, 0) is 25.0 Å². The van der Waals surface area contributed by atoms with Gasteiger partial charge in [-0.15, -0.1) is 0 Å². The van der Waals surface area contributed by atoms with Crippen LogP contribution in [0, 0.1) is 5.92 Å². The van der Waals surface area contributed by atoms with Gasteiger partial charge in [0.15, 0.2) is 5.78 Å². The predicted octanol–water partition coefficient (Wildman–Crippen LogP) is 4.58. The third-order valence-corrected chi connectivity index (χ3v) is 3.80. The van der Waals surface area contributed by atoms with Gasteiger partial charge in [0.25, 0.3) is 0 Å². The van der Waals surface area contributed by atoms with Gasteiger partial charge in [0.2, 0.25) is 0 Å². The van der Waals surface area contributed by atoms with Gasteiger partial charge in [0.1, 0.15) is 5.75 Å². The number of rotatable bonds is 7. The average Bonchev–Trinajstić information content (AvgIpc) is 2.90. The SMILES string of the molecule is CCCC(CCC)C(=O)c1c[nH]c2cccc(OC)c12. The van der Waals surface area contributed by atoms with Gasteiger partial charge < -0.3 is 9.72 Å². The van der Waals surface area contributed by atoms with Crippen LogP contribution in [0.5, 0.6) is 5.75 Å². The summed E-state index contributed by atoms with van der Waals surface area (Å²) in [5.74, 6) is 1.12. The molecule has 2 rings (SSSR count). The van der Waals surface area contributed by atoms with Crippen molar-refractivity contribution in [3.63, 3.8) is 0 Å². The fourth-order valence-corrected chi connectivity index (χ4v) is 2.84. The number of ketones is 1. The largest absolute Gasteiger partial charge is 0.496 e. The van der Waals surface area contributed by atoms with Crippen LogP contribution in [-0.4, -0.2) is 17.9 Å². The highest BCUT2D eigenvalue weighted by Gasteiger charge is 2.22. The van der Waals surface area contributed by atoms with Crippen molar-refractivity contribution in [2.24, 2.45) is 5.92 Å². The van der Waals surface area contributed by atoms with E-state index in [2.05, 4.69) is 18.8 Å². The predicted molar refractivity (Wildman–Crippen MR) is 82.5 cm³/mol. The van der Waals surface area contributed by atoms with Crippen molar-refractivity contribution in [2.75, 3.05) is 7.11 Å². The first kappa shape index (κ1) is 14.6. The van der Waals surface area contributed by atoms with Crippen molar-refractivity contribution in [3.05, 3.63) is 30.0 Å². The molecule has 0 aliphatic heterocycles. The minimum absolute atomic E-state index is 0.119. The Hall–Kier alpha value is -1.77. The number of methoxy groups -OCH3 is 1. The maximum Gasteiger partial charge on any atom is 0.168 e. The standard InChI is InChI=1S/C17H23NO2/c1-4-7-12(8-5-2)17(19)13-11-18-14-9-6-10-15(20-3)16(13)14/h6,9-12,18H,4-5,7-8H2,1-3H3. The topological polar surface area (TPSA) is 42.1 Å². The molecule has 0 radical (unpaired) electrons. The molecule has 0 amide bonds. The van der Waals surface area contributed by atoms with Crippen LogP contribution < -0.4 is 4.74 Å². The van der Waals surface area contributed by atoms with E-state index in [-0.39, 0.29) is 11.7 Å². The van der Waals surface area contributed by atoms with Crippen LogP contribution >= 0.6 is 0 Å². The number of nitrogens with one attached hydrogen (secondary N) is 1. The Morgan fingerprint density at radius 1 is 1.25 bits per heavy atom. The lowest BCUT2D eigenvalue weighted by Crippen LogP contribution is -2.14. The number of H-pyrrole nitrogens is 1. The van der Waals surface area contributed by atoms with Crippen LogP contribution in [0.1, 0.15) is 49.9 Å². The van der Waals surface area contributed by atoms with E-state index < -0.39 is 0 Å². The molecule has 0 saturated heterocycles. The molecule has 108 valence electrons. The number of aromatic amines is 1. The fourth-order valence-electron chi connectivity index (χ4n) is 2.84. The van der Waals surface area contributed by atoms with E-state index in [4.69, 9.17) is 4.74 Å². The Bertz CT molecular complexity index is 580. The molecule has 0 atom stereocenters. The number of carbonyl (C=O) groups excluding carboxylic acids is 1. The number of fused-ring (bicyclic) bond motifs is 1. The molecule has 0 unspecified atom stereocenters. The summed E-state index contributed by atoms with van der Waals surface area (Å²) in [7, 11) is 1.64. The summed E-state index contributed by atoms with van der Waals surface area (Å²) in [6, 6.07) is 5.81. The van der Waals surface area contributed by atoms with E-state index in [1.165, 1.54) is 0 Å². The Kier molecular flexibility index (Phi) is 4.83. The van der Waals surface area contributed by atoms with Crippen molar-refractivity contribution in [2.45, 2.75) is 39.5 Å². The Balaban J connectivity index is 2.43. The molecule has 1 aromatic carbocycles. The smallest absolute Gasteiger partial charge is 0.168 e. The van der Waals surface area contributed by atoms with Crippen LogP contribution in [-0.2, 0) is 0 Å². The van der Waals surface area contributed by atoms with Crippen molar-refractivity contribution in [3.8, 4) is 5.75 Å². The molecule has 0 spiro atoms. The van der Waals surface area contributed by atoms with Crippen LogP contribution in [0.3, 0.4) is 0 Å². The molecule has 0 fully saturated rings. The van der Waals surface area contributed by atoms with Crippen LogP contribution in [0.4, 0.5) is 0 Å². The lowest BCUT2D eigenvalue weighted by molar-refractivity contribution is 0.0906. The summed E-state index contributed by atoms with van der Waals surface area (Å²) >= 11 is 0. The maximum absolute atomic E-state index is 12.8. The van der Waals surface area contributed by atoms with E-state index >= 15 is 0 Å². The maximum atomic E-state index is 12.8. The molecule has 2 aromatic rings. The number of benzene rings is 1. The molecule has 20 heavy (non-hydrogen) atoms. The third-order valence-electron chi connectivity index (χ3n) is 3.80. The number of carbonyl (C=O) groups is 1. The van der Waals surface area contributed by atoms with Crippen LogP contribution in [0.15, 0.2) is 24.4 Å². The van der Waals surface area contributed by atoms with E-state index in [0.29, 0.717) is 0 Å². The zero-order valence-corrected chi connectivity index (χ0v) is 12.5. The number of Topliss-reactive ketones (excluding diaryl/α,β-unsaturated/α-hetero) is 1. The van der Waals surface area contributed by atoms with E-state index in [1.54, 1.807) is 7.11 Å². The van der Waals surface area contributed by atoms with Gasteiger partial charge in [-0.25, -0.2) is 0 Å². The lowest BCUT2D eigenvalue weighted by Gasteiger charge is -2.14. The summed E-state index contributed by atoms with van der Waals surface area (Å²) in [5.41, 5.74) is 1.73. The second-order valence-corrected chi connectivity index (χ2v) is 5.22. The molecule has 1 aromatic heterocycles. The second kappa shape index (κ2) is 6.60. The van der Waals surface area contributed by atoms with Gasteiger partial charge in [-0.1, -0.05) is 32.8 Å². The van der Waals surface area contributed by atoms with Gasteiger partial charge in [0, 0.05) is 23.2 Å². The zero-order valence-electron chi connectivity index (χ0n) is 12.5.